The van der Waals surface area contributed by atoms with Crippen molar-refractivity contribution in [2.45, 2.75) is 6.18 Å². The average molecular weight is 425 g/mol. The SMILES string of the molecule is FC(F)(F)c1cnc(-c2ccc3ccccc3c2)cc1-c1ccc(-c2ccccc2)cc1. The van der Waals surface area contributed by atoms with E-state index in [-0.39, 0.29) is 5.56 Å². The molecule has 0 N–H and O–H groups in total. The number of halogens is 3. The maximum absolute atomic E-state index is 13.8. The summed E-state index contributed by atoms with van der Waals surface area (Å²) in [5.74, 6) is 0. The summed E-state index contributed by atoms with van der Waals surface area (Å²) in [6, 6.07) is 32.1. The lowest BCUT2D eigenvalue weighted by Gasteiger charge is -2.15. The van der Waals surface area contributed by atoms with Crippen LogP contribution in [0.15, 0.2) is 109 Å². The van der Waals surface area contributed by atoms with Gasteiger partial charge in [0.2, 0.25) is 0 Å². The zero-order valence-electron chi connectivity index (χ0n) is 17.0. The van der Waals surface area contributed by atoms with Crippen molar-refractivity contribution < 1.29 is 13.2 Å². The number of hydrogen-bond donors (Lipinski definition) is 0. The van der Waals surface area contributed by atoms with Crippen molar-refractivity contribution in [1.29, 1.82) is 0 Å². The van der Waals surface area contributed by atoms with Gasteiger partial charge >= 0.3 is 6.18 Å². The first-order chi connectivity index (χ1) is 15.5. The van der Waals surface area contributed by atoms with Crippen LogP contribution in [0.3, 0.4) is 0 Å². The van der Waals surface area contributed by atoms with Crippen molar-refractivity contribution in [2.24, 2.45) is 0 Å². The monoisotopic (exact) mass is 425 g/mol. The maximum Gasteiger partial charge on any atom is 0.418 e. The largest absolute Gasteiger partial charge is 0.418 e. The minimum absolute atomic E-state index is 0.121. The molecular formula is C28H18F3N. The van der Waals surface area contributed by atoms with Crippen LogP contribution in [0.1, 0.15) is 5.56 Å². The van der Waals surface area contributed by atoms with Gasteiger partial charge in [-0.1, -0.05) is 91.0 Å². The molecule has 1 heterocycles. The van der Waals surface area contributed by atoms with Crippen LogP contribution in [0, 0.1) is 0 Å². The highest BCUT2D eigenvalue weighted by Crippen LogP contribution is 2.39. The Morgan fingerprint density at radius 1 is 0.531 bits per heavy atom. The number of rotatable bonds is 3. The van der Waals surface area contributed by atoms with Crippen LogP contribution in [0.25, 0.3) is 44.3 Å². The minimum Gasteiger partial charge on any atom is -0.256 e. The van der Waals surface area contributed by atoms with Gasteiger partial charge in [0.25, 0.3) is 0 Å². The molecule has 0 saturated carbocycles. The molecule has 5 rings (SSSR count). The van der Waals surface area contributed by atoms with Crippen LogP contribution in [-0.4, -0.2) is 4.98 Å². The lowest BCUT2D eigenvalue weighted by Crippen LogP contribution is -2.08. The second-order valence-corrected chi connectivity index (χ2v) is 7.62. The molecule has 4 heteroatoms. The van der Waals surface area contributed by atoms with Crippen molar-refractivity contribution >= 4 is 10.8 Å². The van der Waals surface area contributed by atoms with E-state index in [1.807, 2.05) is 84.9 Å². The molecule has 0 radical (unpaired) electrons. The summed E-state index contributed by atoms with van der Waals surface area (Å²) in [6.07, 6.45) is -3.56. The quantitative estimate of drug-likeness (QED) is 0.284. The summed E-state index contributed by atoms with van der Waals surface area (Å²) in [5.41, 5.74) is 3.13. The fourth-order valence-electron chi connectivity index (χ4n) is 3.90. The van der Waals surface area contributed by atoms with E-state index in [0.717, 1.165) is 33.7 Å². The number of aromatic nitrogens is 1. The van der Waals surface area contributed by atoms with Gasteiger partial charge in [-0.3, -0.25) is 4.98 Å². The van der Waals surface area contributed by atoms with Gasteiger partial charge in [0, 0.05) is 11.8 Å². The third-order valence-corrected chi connectivity index (χ3v) is 5.56. The van der Waals surface area contributed by atoms with Crippen molar-refractivity contribution in [1.82, 2.24) is 4.98 Å². The Labute approximate surface area is 183 Å². The van der Waals surface area contributed by atoms with Gasteiger partial charge in [-0.05, 0) is 45.2 Å². The zero-order chi connectivity index (χ0) is 22.1. The van der Waals surface area contributed by atoms with E-state index in [9.17, 15) is 13.2 Å². The lowest BCUT2D eigenvalue weighted by atomic mass is 9.95. The first-order valence-corrected chi connectivity index (χ1v) is 10.2. The Hall–Kier alpha value is -3.92. The van der Waals surface area contributed by atoms with Gasteiger partial charge in [0.15, 0.2) is 0 Å². The third kappa shape index (κ3) is 3.87. The van der Waals surface area contributed by atoms with E-state index >= 15 is 0 Å². The summed E-state index contributed by atoms with van der Waals surface area (Å²) in [4.78, 5) is 4.15. The van der Waals surface area contributed by atoms with Gasteiger partial charge in [-0.25, -0.2) is 0 Å². The molecule has 0 unspecified atom stereocenters. The fraction of sp³-hybridized carbons (Fsp3) is 0.0357. The van der Waals surface area contributed by atoms with Crippen molar-refractivity contribution in [3.8, 4) is 33.5 Å². The van der Waals surface area contributed by atoms with Crippen molar-refractivity contribution in [3.63, 3.8) is 0 Å². The highest BCUT2D eigenvalue weighted by Gasteiger charge is 2.34. The van der Waals surface area contributed by atoms with Crippen molar-refractivity contribution in [3.05, 3.63) is 115 Å². The molecule has 0 saturated heterocycles. The Balaban J connectivity index is 1.61. The molecule has 156 valence electrons. The Morgan fingerprint density at radius 3 is 1.84 bits per heavy atom. The summed E-state index contributed by atoms with van der Waals surface area (Å²) in [6.45, 7) is 0. The maximum atomic E-state index is 13.8. The van der Waals surface area contributed by atoms with E-state index in [1.165, 1.54) is 6.07 Å². The molecule has 5 aromatic rings. The molecule has 4 aromatic carbocycles. The number of hydrogen-bond acceptors (Lipinski definition) is 1. The Bertz CT molecular complexity index is 1390. The molecule has 0 aliphatic heterocycles. The number of benzene rings is 4. The molecule has 1 nitrogen and oxygen atoms in total. The van der Waals surface area contributed by atoms with Crippen LogP contribution in [0.2, 0.25) is 0 Å². The fourth-order valence-corrected chi connectivity index (χ4v) is 3.90. The van der Waals surface area contributed by atoms with E-state index in [2.05, 4.69) is 4.98 Å². The van der Waals surface area contributed by atoms with E-state index in [0.29, 0.717) is 11.3 Å². The predicted octanol–water partition coefficient (Wildman–Crippen LogP) is 8.25. The molecular weight excluding hydrogens is 407 g/mol. The molecule has 1 aromatic heterocycles. The second-order valence-electron chi connectivity index (χ2n) is 7.62. The highest BCUT2D eigenvalue weighted by molar-refractivity contribution is 5.87. The first-order valence-electron chi connectivity index (χ1n) is 10.2. The van der Waals surface area contributed by atoms with E-state index in [4.69, 9.17) is 0 Å². The second kappa shape index (κ2) is 7.97. The molecule has 0 amide bonds. The summed E-state index contributed by atoms with van der Waals surface area (Å²) < 4.78 is 41.3. The summed E-state index contributed by atoms with van der Waals surface area (Å²) >= 11 is 0. The van der Waals surface area contributed by atoms with Gasteiger partial charge in [-0.2, -0.15) is 13.2 Å². The number of nitrogens with zero attached hydrogens (tertiary/aromatic N) is 1. The van der Waals surface area contributed by atoms with E-state index in [1.54, 1.807) is 12.1 Å². The van der Waals surface area contributed by atoms with Crippen LogP contribution in [0.4, 0.5) is 13.2 Å². The van der Waals surface area contributed by atoms with Gasteiger partial charge in [0.05, 0.1) is 11.3 Å². The smallest absolute Gasteiger partial charge is 0.256 e. The first kappa shape index (κ1) is 20.0. The topological polar surface area (TPSA) is 12.9 Å². The predicted molar refractivity (Wildman–Crippen MR) is 123 cm³/mol. The number of pyridine rings is 1. The van der Waals surface area contributed by atoms with Crippen molar-refractivity contribution in [2.75, 3.05) is 0 Å². The van der Waals surface area contributed by atoms with Gasteiger partial charge in [-0.15, -0.1) is 0 Å². The van der Waals surface area contributed by atoms with Crippen LogP contribution in [-0.2, 0) is 6.18 Å². The standard InChI is InChI=1S/C28H18F3N/c29-28(30,31)26-18-32-27(24-15-12-20-8-4-5-9-23(20)16-24)17-25(26)22-13-10-21(11-14-22)19-6-2-1-3-7-19/h1-18H. The molecule has 0 aliphatic rings. The third-order valence-electron chi connectivity index (χ3n) is 5.56. The van der Waals surface area contributed by atoms with Crippen LogP contribution in [0.5, 0.6) is 0 Å². The summed E-state index contributed by atoms with van der Waals surface area (Å²) in [7, 11) is 0. The normalized spacial score (nSPS) is 11.6. The van der Waals surface area contributed by atoms with Gasteiger partial charge < -0.3 is 0 Å². The number of alkyl halides is 3. The Kier molecular flexibility index (Phi) is 4.98. The highest BCUT2D eigenvalue weighted by atomic mass is 19.4. The molecule has 32 heavy (non-hydrogen) atoms. The van der Waals surface area contributed by atoms with Crippen LogP contribution >= 0.6 is 0 Å². The molecule has 0 fully saturated rings. The zero-order valence-corrected chi connectivity index (χ0v) is 17.0. The molecule has 0 bridgehead atoms. The van der Waals surface area contributed by atoms with Crippen LogP contribution < -0.4 is 0 Å². The molecule has 0 aliphatic carbocycles. The summed E-state index contributed by atoms with van der Waals surface area (Å²) in [5, 5.41) is 2.08. The lowest BCUT2D eigenvalue weighted by molar-refractivity contribution is -0.137. The van der Waals surface area contributed by atoms with E-state index < -0.39 is 11.7 Å². The van der Waals surface area contributed by atoms with Gasteiger partial charge in [0.1, 0.15) is 0 Å². The molecule has 0 spiro atoms. The number of fused-ring (bicyclic) bond motifs is 1. The minimum atomic E-state index is -4.50. The molecule has 0 atom stereocenters. The Morgan fingerprint density at radius 2 is 1.12 bits per heavy atom. The average Bonchev–Trinajstić information content (AvgIpc) is 2.83.